The quantitative estimate of drug-likeness (QED) is 0.650. The van der Waals surface area contributed by atoms with E-state index >= 15 is 0 Å². The Hall–Kier alpha value is -1.43. The number of esters is 1. The Balaban J connectivity index is 4.08. The topological polar surface area (TPSA) is 98.5 Å². The first-order valence-corrected chi connectivity index (χ1v) is 5.36. The summed E-state index contributed by atoms with van der Waals surface area (Å²) in [5.74, 6) is -1.25. The van der Waals surface area contributed by atoms with E-state index in [9.17, 15) is 14.4 Å². The highest BCUT2D eigenvalue weighted by atomic mass is 16.6. The molecular weight excluding hydrogens is 224 g/mol. The molecule has 0 aromatic carbocycles. The number of rotatable bonds is 5. The molecule has 0 aliphatic carbocycles. The average molecular weight is 244 g/mol. The van der Waals surface area contributed by atoms with E-state index in [1.54, 1.807) is 20.8 Å². The lowest BCUT2D eigenvalue weighted by molar-refractivity contribution is -0.156. The van der Waals surface area contributed by atoms with Crippen LogP contribution in [0.5, 0.6) is 0 Å². The van der Waals surface area contributed by atoms with E-state index in [1.807, 2.05) is 0 Å². The molecule has 6 heteroatoms. The van der Waals surface area contributed by atoms with E-state index in [4.69, 9.17) is 10.5 Å². The summed E-state index contributed by atoms with van der Waals surface area (Å²) in [6.07, 6.45) is -0.207. The Bertz CT molecular complexity index is 307. The van der Waals surface area contributed by atoms with Crippen molar-refractivity contribution in [2.45, 2.75) is 45.8 Å². The molecule has 0 aliphatic rings. The molecule has 0 bridgehead atoms. The summed E-state index contributed by atoms with van der Waals surface area (Å²) in [7, 11) is 0. The number of hydrogen-bond acceptors (Lipinski definition) is 5. The van der Waals surface area contributed by atoms with Crippen molar-refractivity contribution in [3.63, 3.8) is 0 Å². The summed E-state index contributed by atoms with van der Waals surface area (Å²) in [5.41, 5.74) is 4.89. The van der Waals surface area contributed by atoms with Gasteiger partial charge in [-0.25, -0.2) is 0 Å². The van der Waals surface area contributed by atoms with Crippen molar-refractivity contribution >= 4 is 17.7 Å². The second-order valence-corrected chi connectivity index (χ2v) is 4.82. The zero-order chi connectivity index (χ0) is 13.6. The lowest BCUT2D eigenvalue weighted by Crippen LogP contribution is -2.44. The number of carbonyl (C=O) groups excluding carboxylic acids is 3. The van der Waals surface area contributed by atoms with Crippen LogP contribution in [0.15, 0.2) is 0 Å². The van der Waals surface area contributed by atoms with Crippen LogP contribution in [-0.2, 0) is 19.1 Å². The van der Waals surface area contributed by atoms with Gasteiger partial charge in [-0.2, -0.15) is 0 Å². The molecule has 1 atom stereocenters. The van der Waals surface area contributed by atoms with Gasteiger partial charge in [0, 0.05) is 0 Å². The van der Waals surface area contributed by atoms with E-state index in [-0.39, 0.29) is 18.7 Å². The maximum Gasteiger partial charge on any atom is 0.308 e. The summed E-state index contributed by atoms with van der Waals surface area (Å²) >= 11 is 0. The van der Waals surface area contributed by atoms with Gasteiger partial charge < -0.3 is 15.8 Å². The Labute approximate surface area is 101 Å². The minimum absolute atomic E-state index is 0.0825. The molecule has 0 heterocycles. The van der Waals surface area contributed by atoms with Gasteiger partial charge in [0.2, 0.25) is 5.91 Å². The van der Waals surface area contributed by atoms with Gasteiger partial charge in [-0.1, -0.05) is 0 Å². The minimum Gasteiger partial charge on any atom is -0.460 e. The third-order valence-corrected chi connectivity index (χ3v) is 1.65. The highest BCUT2D eigenvalue weighted by Crippen LogP contribution is 2.08. The summed E-state index contributed by atoms with van der Waals surface area (Å²) in [6.45, 7) is 6.45. The number of Topliss-reactive ketones (excluding diaryl/α,β-unsaturated/α-hetero) is 1. The third-order valence-electron chi connectivity index (χ3n) is 1.65. The fourth-order valence-electron chi connectivity index (χ4n) is 0.998. The molecule has 6 nitrogen and oxygen atoms in total. The zero-order valence-corrected chi connectivity index (χ0v) is 10.7. The van der Waals surface area contributed by atoms with Crippen LogP contribution in [-0.4, -0.2) is 35.8 Å². The highest BCUT2D eigenvalue weighted by molar-refractivity contribution is 5.89. The van der Waals surface area contributed by atoms with Crippen LogP contribution in [0.2, 0.25) is 0 Å². The molecule has 0 saturated carbocycles. The molecule has 3 N–H and O–H groups in total. The predicted molar refractivity (Wildman–Crippen MR) is 62.1 cm³/mol. The number of nitrogens with one attached hydrogen (secondary N) is 1. The average Bonchev–Trinajstić information content (AvgIpc) is 2.10. The largest absolute Gasteiger partial charge is 0.460 e. The van der Waals surface area contributed by atoms with Crippen molar-refractivity contribution < 1.29 is 19.1 Å². The van der Waals surface area contributed by atoms with Crippen LogP contribution in [0, 0.1) is 0 Å². The lowest BCUT2D eigenvalue weighted by atomic mass is 10.1. The number of carbonyl (C=O) groups is 3. The number of ether oxygens (including phenoxy) is 1. The zero-order valence-electron chi connectivity index (χ0n) is 10.7. The second kappa shape index (κ2) is 6.34. The first-order chi connectivity index (χ1) is 7.61. The molecular formula is C11H20N2O4. The Kier molecular flexibility index (Phi) is 5.81. The van der Waals surface area contributed by atoms with Crippen LogP contribution in [0.25, 0.3) is 0 Å². The summed E-state index contributed by atoms with van der Waals surface area (Å²) in [4.78, 5) is 33.3. The van der Waals surface area contributed by atoms with E-state index in [0.717, 1.165) is 0 Å². The Morgan fingerprint density at radius 1 is 1.29 bits per heavy atom. The predicted octanol–water partition coefficient (Wildman–Crippen LogP) is -0.249. The summed E-state index contributed by atoms with van der Waals surface area (Å²) in [5, 5.41) is 2.33. The van der Waals surface area contributed by atoms with E-state index in [2.05, 4.69) is 5.32 Å². The molecule has 0 fully saturated rings. The van der Waals surface area contributed by atoms with E-state index < -0.39 is 23.5 Å². The maximum atomic E-state index is 11.4. The molecule has 0 spiro atoms. The van der Waals surface area contributed by atoms with Gasteiger partial charge in [-0.3, -0.25) is 14.4 Å². The van der Waals surface area contributed by atoms with Crippen molar-refractivity contribution in [2.24, 2.45) is 5.73 Å². The van der Waals surface area contributed by atoms with Crippen LogP contribution in [0.4, 0.5) is 0 Å². The molecule has 0 radical (unpaired) electrons. The number of nitrogens with two attached hydrogens (primary N) is 1. The van der Waals surface area contributed by atoms with Crippen LogP contribution in [0.3, 0.4) is 0 Å². The Morgan fingerprint density at radius 3 is 2.24 bits per heavy atom. The molecule has 0 aromatic heterocycles. The van der Waals surface area contributed by atoms with Gasteiger partial charge in [-0.05, 0) is 27.7 Å². The first-order valence-electron chi connectivity index (χ1n) is 5.36. The van der Waals surface area contributed by atoms with E-state index in [1.165, 1.54) is 6.92 Å². The minimum atomic E-state index is -0.996. The van der Waals surface area contributed by atoms with Crippen molar-refractivity contribution in [3.8, 4) is 0 Å². The SMILES string of the molecule is CC(=O)CNC(=O)[C@H](N)CC(=O)OC(C)(C)C. The van der Waals surface area contributed by atoms with Crippen molar-refractivity contribution in [3.05, 3.63) is 0 Å². The normalized spacial score (nSPS) is 12.8. The fraction of sp³-hybridized carbons (Fsp3) is 0.727. The van der Waals surface area contributed by atoms with Crippen LogP contribution >= 0.6 is 0 Å². The monoisotopic (exact) mass is 244 g/mol. The standard InChI is InChI=1S/C11H20N2O4/c1-7(14)6-13-10(16)8(12)5-9(15)17-11(2,3)4/h8H,5-6,12H2,1-4H3,(H,13,16)/t8-/m1/s1. The van der Waals surface area contributed by atoms with E-state index in [0.29, 0.717) is 0 Å². The van der Waals surface area contributed by atoms with Gasteiger partial charge in [0.1, 0.15) is 11.4 Å². The van der Waals surface area contributed by atoms with Crippen molar-refractivity contribution in [1.29, 1.82) is 0 Å². The Morgan fingerprint density at radius 2 is 1.82 bits per heavy atom. The lowest BCUT2D eigenvalue weighted by Gasteiger charge is -2.20. The fourth-order valence-corrected chi connectivity index (χ4v) is 0.998. The second-order valence-electron chi connectivity index (χ2n) is 4.82. The van der Waals surface area contributed by atoms with Gasteiger partial charge in [0.15, 0.2) is 0 Å². The molecule has 0 rings (SSSR count). The molecule has 0 aliphatic heterocycles. The van der Waals surface area contributed by atoms with Crippen molar-refractivity contribution in [1.82, 2.24) is 5.32 Å². The molecule has 0 saturated heterocycles. The summed E-state index contributed by atoms with van der Waals surface area (Å²) in [6, 6.07) is -0.996. The maximum absolute atomic E-state index is 11.4. The highest BCUT2D eigenvalue weighted by Gasteiger charge is 2.22. The molecule has 0 unspecified atom stereocenters. The first kappa shape index (κ1) is 15.6. The van der Waals surface area contributed by atoms with Gasteiger partial charge in [-0.15, -0.1) is 0 Å². The number of hydrogen-bond donors (Lipinski definition) is 2. The smallest absolute Gasteiger partial charge is 0.308 e. The molecule has 1 amide bonds. The number of ketones is 1. The molecule has 17 heavy (non-hydrogen) atoms. The van der Waals surface area contributed by atoms with Gasteiger partial charge in [0.05, 0.1) is 19.0 Å². The van der Waals surface area contributed by atoms with Crippen LogP contribution in [0.1, 0.15) is 34.1 Å². The molecule has 98 valence electrons. The third kappa shape index (κ3) is 8.38. The summed E-state index contributed by atoms with van der Waals surface area (Å²) < 4.78 is 5.02. The van der Waals surface area contributed by atoms with Gasteiger partial charge >= 0.3 is 5.97 Å². The van der Waals surface area contributed by atoms with Crippen LogP contribution < -0.4 is 11.1 Å². The van der Waals surface area contributed by atoms with Gasteiger partial charge in [0.25, 0.3) is 0 Å². The van der Waals surface area contributed by atoms with Crippen molar-refractivity contribution in [2.75, 3.05) is 6.54 Å². The molecule has 0 aromatic rings. The number of amides is 1.